The highest BCUT2D eigenvalue weighted by atomic mass is 79.9. The van der Waals surface area contributed by atoms with Gasteiger partial charge in [-0.25, -0.2) is 0 Å². The number of quaternary nitrogens is 1. The molecule has 0 saturated carbocycles. The van der Waals surface area contributed by atoms with Crippen LogP contribution in [-0.4, -0.2) is 18.4 Å². The smallest absolute Gasteiger partial charge is 0.293 e. The van der Waals surface area contributed by atoms with Crippen molar-refractivity contribution in [3.63, 3.8) is 0 Å². The summed E-state index contributed by atoms with van der Waals surface area (Å²) in [6.07, 6.45) is 0. The monoisotopic (exact) mass is 404 g/mol. The third-order valence-electron chi connectivity index (χ3n) is 3.89. The lowest BCUT2D eigenvalue weighted by molar-refractivity contribution is -0.692. The Labute approximate surface area is 156 Å². The number of nitrogens with one attached hydrogen (secondary N) is 2. The highest BCUT2D eigenvalue weighted by Gasteiger charge is 2.20. The summed E-state index contributed by atoms with van der Waals surface area (Å²) < 4.78 is 0.678. The SMILES string of the molecule is CC(C)[C@H]([NH2+]CC(=O)NNC(=O)c1ccccc1Br)c1ccccc1. The van der Waals surface area contributed by atoms with E-state index in [4.69, 9.17) is 0 Å². The van der Waals surface area contributed by atoms with Crippen LogP contribution in [0.25, 0.3) is 0 Å². The molecule has 1 atom stereocenters. The molecule has 2 rings (SSSR count). The van der Waals surface area contributed by atoms with Crippen LogP contribution in [0.3, 0.4) is 0 Å². The van der Waals surface area contributed by atoms with Crippen molar-refractivity contribution in [3.05, 3.63) is 70.2 Å². The van der Waals surface area contributed by atoms with Crippen LogP contribution in [0, 0.1) is 5.92 Å². The van der Waals surface area contributed by atoms with Crippen LogP contribution in [0.2, 0.25) is 0 Å². The fourth-order valence-corrected chi connectivity index (χ4v) is 3.06. The first kappa shape index (κ1) is 19.1. The van der Waals surface area contributed by atoms with E-state index in [0.717, 1.165) is 0 Å². The summed E-state index contributed by atoms with van der Waals surface area (Å²) >= 11 is 3.32. The number of hydrogen-bond acceptors (Lipinski definition) is 2. The molecule has 0 unspecified atom stereocenters. The van der Waals surface area contributed by atoms with Gasteiger partial charge in [-0.1, -0.05) is 56.3 Å². The summed E-state index contributed by atoms with van der Waals surface area (Å²) in [6.45, 7) is 4.48. The maximum Gasteiger partial charge on any atom is 0.293 e. The fourth-order valence-electron chi connectivity index (χ4n) is 2.59. The molecule has 2 aromatic carbocycles. The molecule has 0 aliphatic rings. The lowest BCUT2D eigenvalue weighted by atomic mass is 9.96. The van der Waals surface area contributed by atoms with Gasteiger partial charge < -0.3 is 5.32 Å². The second kappa shape index (κ2) is 9.34. The van der Waals surface area contributed by atoms with E-state index in [1.807, 2.05) is 29.6 Å². The van der Waals surface area contributed by atoms with E-state index in [1.165, 1.54) is 5.56 Å². The van der Waals surface area contributed by atoms with Crippen molar-refractivity contribution in [2.75, 3.05) is 6.54 Å². The number of amides is 2. The minimum atomic E-state index is -0.357. The summed E-state index contributed by atoms with van der Waals surface area (Å²) in [5, 5.41) is 1.99. The average molecular weight is 405 g/mol. The normalized spacial score (nSPS) is 11.8. The molecular weight excluding hydrogens is 382 g/mol. The minimum Gasteiger partial charge on any atom is -0.332 e. The van der Waals surface area contributed by atoms with Gasteiger partial charge in [0, 0.05) is 16.0 Å². The van der Waals surface area contributed by atoms with Crippen molar-refractivity contribution in [2.45, 2.75) is 19.9 Å². The number of nitrogens with two attached hydrogens (primary N) is 1. The van der Waals surface area contributed by atoms with Crippen molar-refractivity contribution >= 4 is 27.7 Å². The summed E-state index contributed by atoms with van der Waals surface area (Å²) in [7, 11) is 0. The number of halogens is 1. The Morgan fingerprint density at radius 1 is 1.00 bits per heavy atom. The molecule has 6 heteroatoms. The topological polar surface area (TPSA) is 74.8 Å². The molecule has 25 heavy (non-hydrogen) atoms. The van der Waals surface area contributed by atoms with Crippen LogP contribution in [0.1, 0.15) is 35.8 Å². The molecule has 0 bridgehead atoms. The Morgan fingerprint density at radius 3 is 2.28 bits per heavy atom. The van der Waals surface area contributed by atoms with Crippen molar-refractivity contribution in [1.29, 1.82) is 0 Å². The zero-order chi connectivity index (χ0) is 18.2. The van der Waals surface area contributed by atoms with E-state index in [9.17, 15) is 9.59 Å². The van der Waals surface area contributed by atoms with E-state index in [1.54, 1.807) is 18.2 Å². The third-order valence-corrected chi connectivity index (χ3v) is 4.59. The first-order valence-electron chi connectivity index (χ1n) is 8.21. The Balaban J connectivity index is 1.85. The maximum atomic E-state index is 12.1. The van der Waals surface area contributed by atoms with Crippen LogP contribution < -0.4 is 16.2 Å². The zero-order valence-electron chi connectivity index (χ0n) is 14.3. The summed E-state index contributed by atoms with van der Waals surface area (Å²) in [5.74, 6) is -0.226. The van der Waals surface area contributed by atoms with Crippen molar-refractivity contribution in [3.8, 4) is 0 Å². The second-order valence-corrected chi connectivity index (χ2v) is 6.96. The van der Waals surface area contributed by atoms with Crippen molar-refractivity contribution < 1.29 is 14.9 Å². The van der Waals surface area contributed by atoms with Gasteiger partial charge in [0.15, 0.2) is 6.54 Å². The van der Waals surface area contributed by atoms with E-state index in [2.05, 4.69) is 52.8 Å². The molecule has 5 nitrogen and oxygen atoms in total. The van der Waals surface area contributed by atoms with Crippen LogP contribution >= 0.6 is 15.9 Å². The van der Waals surface area contributed by atoms with Crippen molar-refractivity contribution in [2.24, 2.45) is 5.92 Å². The average Bonchev–Trinajstić information content (AvgIpc) is 2.61. The predicted octanol–water partition coefficient (Wildman–Crippen LogP) is 2.17. The molecule has 0 aliphatic carbocycles. The van der Waals surface area contributed by atoms with E-state index < -0.39 is 0 Å². The molecule has 132 valence electrons. The fraction of sp³-hybridized carbons (Fsp3) is 0.263. The Hall–Kier alpha value is -2.18. The van der Waals surface area contributed by atoms with Gasteiger partial charge in [0.25, 0.3) is 11.8 Å². The van der Waals surface area contributed by atoms with Gasteiger partial charge in [0.05, 0.1) is 5.56 Å². The third kappa shape index (κ3) is 5.69. The first-order valence-corrected chi connectivity index (χ1v) is 9.00. The summed E-state index contributed by atoms with van der Waals surface area (Å²) in [4.78, 5) is 24.1. The molecule has 0 spiro atoms. The first-order chi connectivity index (χ1) is 12.0. The lowest BCUT2D eigenvalue weighted by Gasteiger charge is -2.19. The number of benzene rings is 2. The van der Waals surface area contributed by atoms with E-state index in [-0.39, 0.29) is 24.4 Å². The van der Waals surface area contributed by atoms with Crippen LogP contribution in [0.5, 0.6) is 0 Å². The molecular formula is C19H23BrN3O2+. The molecule has 0 radical (unpaired) electrons. The van der Waals surface area contributed by atoms with E-state index in [0.29, 0.717) is 16.0 Å². The predicted molar refractivity (Wildman–Crippen MR) is 101 cm³/mol. The highest BCUT2D eigenvalue weighted by Crippen LogP contribution is 2.17. The second-order valence-electron chi connectivity index (χ2n) is 6.10. The Morgan fingerprint density at radius 2 is 1.64 bits per heavy atom. The number of hydrazine groups is 1. The molecule has 0 aliphatic heterocycles. The molecule has 0 saturated heterocycles. The Kier molecular flexibility index (Phi) is 7.16. The number of carbonyl (C=O) groups is 2. The molecule has 0 fully saturated rings. The number of carbonyl (C=O) groups excluding carboxylic acids is 2. The van der Waals surface area contributed by atoms with Gasteiger partial charge in [-0.2, -0.15) is 0 Å². The molecule has 0 aromatic heterocycles. The quantitative estimate of drug-likeness (QED) is 0.645. The molecule has 2 amide bonds. The standard InChI is InChI=1S/C19H22BrN3O2/c1-13(2)18(14-8-4-3-5-9-14)21-12-17(24)22-23-19(25)15-10-6-7-11-16(15)20/h3-11,13,18,21H,12H2,1-2H3,(H,22,24)(H,23,25)/p+1/t18-/m0/s1. The summed E-state index contributed by atoms with van der Waals surface area (Å²) in [5.41, 5.74) is 6.56. The number of rotatable bonds is 6. The van der Waals surface area contributed by atoms with Gasteiger partial charge in [0.1, 0.15) is 6.04 Å². The van der Waals surface area contributed by atoms with Gasteiger partial charge in [0.2, 0.25) is 0 Å². The van der Waals surface area contributed by atoms with Crippen LogP contribution in [0.15, 0.2) is 59.1 Å². The van der Waals surface area contributed by atoms with Gasteiger partial charge in [-0.05, 0) is 28.1 Å². The minimum absolute atomic E-state index is 0.186. The molecule has 4 N–H and O–H groups in total. The lowest BCUT2D eigenvalue weighted by Crippen LogP contribution is -2.88. The summed E-state index contributed by atoms with van der Waals surface area (Å²) in [6, 6.07) is 17.3. The zero-order valence-corrected chi connectivity index (χ0v) is 15.9. The van der Waals surface area contributed by atoms with Crippen LogP contribution in [0.4, 0.5) is 0 Å². The van der Waals surface area contributed by atoms with Gasteiger partial charge in [-0.3, -0.25) is 20.4 Å². The van der Waals surface area contributed by atoms with Crippen LogP contribution in [-0.2, 0) is 4.79 Å². The van der Waals surface area contributed by atoms with Gasteiger partial charge >= 0.3 is 0 Å². The highest BCUT2D eigenvalue weighted by molar-refractivity contribution is 9.10. The van der Waals surface area contributed by atoms with Gasteiger partial charge in [-0.15, -0.1) is 0 Å². The Bertz CT molecular complexity index is 720. The number of hydrogen-bond donors (Lipinski definition) is 3. The molecule has 2 aromatic rings. The van der Waals surface area contributed by atoms with E-state index >= 15 is 0 Å². The largest absolute Gasteiger partial charge is 0.332 e. The van der Waals surface area contributed by atoms with Crippen molar-refractivity contribution in [1.82, 2.24) is 10.9 Å². The maximum absolute atomic E-state index is 12.1. The molecule has 0 heterocycles.